The van der Waals surface area contributed by atoms with Crippen LogP contribution in [0.5, 0.6) is 0 Å². The van der Waals surface area contributed by atoms with Crippen molar-refractivity contribution >= 4 is 23.4 Å². The van der Waals surface area contributed by atoms with Crippen molar-refractivity contribution in [3.05, 3.63) is 22.4 Å². The molecule has 2 heterocycles. The molecule has 0 aliphatic carbocycles. The van der Waals surface area contributed by atoms with Crippen LogP contribution < -0.4 is 5.11 Å². The number of amides is 1. The minimum Gasteiger partial charge on any atom is -0.550 e. The quantitative estimate of drug-likeness (QED) is 0.828. The van der Waals surface area contributed by atoms with E-state index in [1.165, 1.54) is 16.2 Å². The van der Waals surface area contributed by atoms with E-state index in [4.69, 9.17) is 4.74 Å². The van der Waals surface area contributed by atoms with Crippen LogP contribution in [0.4, 0.5) is 4.79 Å². The van der Waals surface area contributed by atoms with Crippen LogP contribution in [0, 0.1) is 5.92 Å². The fourth-order valence-corrected chi connectivity index (χ4v) is 3.19. The predicted molar refractivity (Wildman–Crippen MR) is 73.4 cm³/mol. The van der Waals surface area contributed by atoms with Crippen molar-refractivity contribution in [1.82, 2.24) is 4.90 Å². The number of hydrogen-bond acceptors (Lipinski definition) is 5. The maximum atomic E-state index is 12.0. The second-order valence-corrected chi connectivity index (χ2v) is 6.91. The van der Waals surface area contributed by atoms with Gasteiger partial charge in [0.05, 0.1) is 0 Å². The summed E-state index contributed by atoms with van der Waals surface area (Å²) in [5.41, 5.74) is -0.588. The zero-order chi connectivity index (χ0) is 14.9. The van der Waals surface area contributed by atoms with Gasteiger partial charge in [-0.15, -0.1) is 11.3 Å². The molecule has 0 bridgehead atoms. The van der Waals surface area contributed by atoms with Crippen LogP contribution in [0.25, 0.3) is 0 Å². The highest BCUT2D eigenvalue weighted by Crippen LogP contribution is 2.35. The molecular formula is C14H18NO4S-. The van der Waals surface area contributed by atoms with Crippen LogP contribution in [0.1, 0.15) is 31.6 Å². The molecule has 1 aromatic heterocycles. The van der Waals surface area contributed by atoms with E-state index in [0.717, 1.165) is 4.88 Å². The van der Waals surface area contributed by atoms with Crippen LogP contribution in [0.15, 0.2) is 17.5 Å². The monoisotopic (exact) mass is 296 g/mol. The van der Waals surface area contributed by atoms with E-state index in [9.17, 15) is 14.7 Å². The molecule has 0 spiro atoms. The summed E-state index contributed by atoms with van der Waals surface area (Å²) in [6, 6.07) is 3.77. The van der Waals surface area contributed by atoms with E-state index in [2.05, 4.69) is 0 Å². The van der Waals surface area contributed by atoms with Gasteiger partial charge in [0.2, 0.25) is 0 Å². The number of carboxylic acid groups (broad SMARTS) is 1. The van der Waals surface area contributed by atoms with Crippen LogP contribution in [0.3, 0.4) is 0 Å². The number of thiophene rings is 1. The van der Waals surface area contributed by atoms with Crippen molar-refractivity contribution in [2.24, 2.45) is 5.92 Å². The highest BCUT2D eigenvalue weighted by Gasteiger charge is 2.39. The third kappa shape index (κ3) is 3.30. The Hall–Kier alpha value is -1.56. The number of carboxylic acids is 1. The molecule has 0 aromatic carbocycles. The summed E-state index contributed by atoms with van der Waals surface area (Å²) in [4.78, 5) is 25.7. The van der Waals surface area contributed by atoms with Crippen LogP contribution in [0.2, 0.25) is 0 Å². The number of ether oxygens (including phenoxy) is 1. The van der Waals surface area contributed by atoms with Gasteiger partial charge in [-0.2, -0.15) is 0 Å². The molecule has 1 aliphatic heterocycles. The first kappa shape index (κ1) is 14.8. The summed E-state index contributed by atoms with van der Waals surface area (Å²) >= 11 is 1.50. The Labute approximate surface area is 122 Å². The fraction of sp³-hybridized carbons (Fsp3) is 0.571. The molecular weight excluding hydrogens is 278 g/mol. The molecule has 110 valence electrons. The molecule has 0 radical (unpaired) electrons. The third-order valence-corrected chi connectivity index (χ3v) is 4.19. The molecule has 2 rings (SSSR count). The number of nitrogens with zero attached hydrogens (tertiary/aromatic N) is 1. The maximum Gasteiger partial charge on any atom is 0.410 e. The molecule has 0 saturated carbocycles. The Balaban J connectivity index is 2.12. The number of hydrogen-bond donors (Lipinski definition) is 0. The molecule has 0 N–H and O–H groups in total. The van der Waals surface area contributed by atoms with Gasteiger partial charge in [-0.25, -0.2) is 4.79 Å². The highest BCUT2D eigenvalue weighted by molar-refractivity contribution is 7.10. The van der Waals surface area contributed by atoms with Crippen molar-refractivity contribution in [2.45, 2.75) is 32.3 Å². The van der Waals surface area contributed by atoms with Gasteiger partial charge in [0.1, 0.15) is 5.60 Å². The van der Waals surface area contributed by atoms with Crippen molar-refractivity contribution in [3.8, 4) is 0 Å². The highest BCUT2D eigenvalue weighted by atomic mass is 32.1. The van der Waals surface area contributed by atoms with Crippen LogP contribution >= 0.6 is 11.3 Å². The Morgan fingerprint density at radius 2 is 2.10 bits per heavy atom. The number of rotatable bonds is 2. The lowest BCUT2D eigenvalue weighted by Gasteiger charge is -2.24. The van der Waals surface area contributed by atoms with Gasteiger partial charge < -0.3 is 19.5 Å². The summed E-state index contributed by atoms with van der Waals surface area (Å²) in [6.45, 7) is 5.85. The Kier molecular flexibility index (Phi) is 4.04. The van der Waals surface area contributed by atoms with Gasteiger partial charge in [-0.05, 0) is 32.2 Å². The number of carbonyl (C=O) groups excluding carboxylic acids is 2. The fourth-order valence-electron chi connectivity index (χ4n) is 2.31. The second kappa shape index (κ2) is 5.44. The van der Waals surface area contributed by atoms with Gasteiger partial charge >= 0.3 is 6.09 Å². The van der Waals surface area contributed by atoms with E-state index >= 15 is 0 Å². The van der Waals surface area contributed by atoms with E-state index in [-0.39, 0.29) is 12.5 Å². The van der Waals surface area contributed by atoms with Crippen molar-refractivity contribution < 1.29 is 19.4 Å². The smallest absolute Gasteiger partial charge is 0.410 e. The Morgan fingerprint density at radius 3 is 2.60 bits per heavy atom. The lowest BCUT2D eigenvalue weighted by atomic mass is 9.95. The number of likely N-dealkylation sites (tertiary alicyclic amines) is 1. The Bertz CT molecular complexity index is 492. The molecule has 1 fully saturated rings. The van der Waals surface area contributed by atoms with Crippen molar-refractivity contribution in [3.63, 3.8) is 0 Å². The molecule has 2 atom stereocenters. The average Bonchev–Trinajstić information content (AvgIpc) is 2.95. The molecule has 1 saturated heterocycles. The van der Waals surface area contributed by atoms with E-state index in [1.54, 1.807) is 20.8 Å². The average molecular weight is 296 g/mol. The summed E-state index contributed by atoms with van der Waals surface area (Å²) in [5, 5.41) is 13.2. The first-order chi connectivity index (χ1) is 9.28. The molecule has 1 aliphatic rings. The lowest BCUT2D eigenvalue weighted by molar-refractivity contribution is -0.311. The summed E-state index contributed by atoms with van der Waals surface area (Å²) in [6.07, 6.45) is -0.470. The third-order valence-electron chi connectivity index (χ3n) is 3.18. The number of carbonyl (C=O) groups is 2. The van der Waals surface area contributed by atoms with Crippen LogP contribution in [-0.2, 0) is 9.53 Å². The molecule has 1 amide bonds. The molecule has 1 aromatic rings. The van der Waals surface area contributed by atoms with Crippen LogP contribution in [-0.4, -0.2) is 35.7 Å². The summed E-state index contributed by atoms with van der Waals surface area (Å²) in [7, 11) is 0. The molecule has 20 heavy (non-hydrogen) atoms. The standard InChI is InChI=1S/C14H19NO4S/c1-14(2,3)19-13(18)15-7-9(10(8-15)12(16)17)11-5-4-6-20-11/h4-6,9-10H,7-8H2,1-3H3,(H,16,17)/p-1/t9-,10-/m1/s1. The topological polar surface area (TPSA) is 69.7 Å². The first-order valence-electron chi connectivity index (χ1n) is 6.50. The van der Waals surface area contributed by atoms with E-state index in [0.29, 0.717) is 6.54 Å². The zero-order valence-corrected chi connectivity index (χ0v) is 12.6. The largest absolute Gasteiger partial charge is 0.550 e. The minimum absolute atomic E-state index is 0.139. The van der Waals surface area contributed by atoms with Gasteiger partial charge in [0, 0.05) is 35.8 Å². The molecule has 6 heteroatoms. The lowest BCUT2D eigenvalue weighted by Crippen LogP contribution is -2.38. The molecule has 5 nitrogen and oxygen atoms in total. The summed E-state index contributed by atoms with van der Waals surface area (Å²) < 4.78 is 5.29. The second-order valence-electron chi connectivity index (χ2n) is 5.93. The van der Waals surface area contributed by atoms with Crippen molar-refractivity contribution in [2.75, 3.05) is 13.1 Å². The van der Waals surface area contributed by atoms with Crippen molar-refractivity contribution in [1.29, 1.82) is 0 Å². The normalized spacial score (nSPS) is 22.9. The van der Waals surface area contributed by atoms with Gasteiger partial charge in [0.15, 0.2) is 0 Å². The maximum absolute atomic E-state index is 12.0. The first-order valence-corrected chi connectivity index (χ1v) is 7.38. The zero-order valence-electron chi connectivity index (χ0n) is 11.8. The Morgan fingerprint density at radius 1 is 1.40 bits per heavy atom. The van der Waals surface area contributed by atoms with Gasteiger partial charge in [0.25, 0.3) is 0 Å². The SMILES string of the molecule is CC(C)(C)OC(=O)N1C[C@@H](C(=O)[O-])[C@H](c2cccs2)C1. The summed E-state index contributed by atoms with van der Waals surface area (Å²) in [5.74, 6) is -2.01. The van der Waals surface area contributed by atoms with Gasteiger partial charge in [-0.1, -0.05) is 6.07 Å². The van der Waals surface area contributed by atoms with Gasteiger partial charge in [-0.3, -0.25) is 0 Å². The number of aliphatic carboxylic acids is 1. The molecule has 0 unspecified atom stereocenters. The van der Waals surface area contributed by atoms with E-state index in [1.807, 2.05) is 17.5 Å². The predicted octanol–water partition coefficient (Wildman–Crippen LogP) is 1.45. The minimum atomic E-state index is -1.12. The van der Waals surface area contributed by atoms with E-state index < -0.39 is 23.6 Å².